The fourth-order valence-electron chi connectivity index (χ4n) is 1.83. The molecule has 0 aliphatic carbocycles. The van der Waals surface area contributed by atoms with Gasteiger partial charge in [-0.25, -0.2) is 0 Å². The summed E-state index contributed by atoms with van der Waals surface area (Å²) < 4.78 is 3.42. The van der Waals surface area contributed by atoms with Gasteiger partial charge in [0, 0.05) is 17.1 Å². The van der Waals surface area contributed by atoms with Crippen molar-refractivity contribution < 1.29 is 0 Å². The SMILES string of the molecule is CC.CCCCNSc1ccccc1-c1ccc(N)cc1. The van der Waals surface area contributed by atoms with Crippen molar-refractivity contribution in [3.05, 3.63) is 48.5 Å². The lowest BCUT2D eigenvalue weighted by Gasteiger charge is -2.10. The quantitative estimate of drug-likeness (QED) is 0.428. The average molecular weight is 302 g/mol. The molecule has 0 bridgehead atoms. The summed E-state index contributed by atoms with van der Waals surface area (Å²) in [4.78, 5) is 1.25. The van der Waals surface area contributed by atoms with E-state index in [1.165, 1.54) is 28.9 Å². The van der Waals surface area contributed by atoms with Crippen LogP contribution in [0.4, 0.5) is 5.69 Å². The number of hydrogen-bond acceptors (Lipinski definition) is 3. The third-order valence-corrected chi connectivity index (χ3v) is 3.85. The highest BCUT2D eigenvalue weighted by atomic mass is 32.2. The number of nitrogens with two attached hydrogens (primary N) is 1. The summed E-state index contributed by atoms with van der Waals surface area (Å²) in [5.41, 5.74) is 8.99. The van der Waals surface area contributed by atoms with Crippen molar-refractivity contribution >= 4 is 17.6 Å². The van der Waals surface area contributed by atoms with E-state index >= 15 is 0 Å². The maximum atomic E-state index is 5.74. The monoisotopic (exact) mass is 302 g/mol. The molecule has 0 aromatic heterocycles. The molecule has 3 N–H and O–H groups in total. The van der Waals surface area contributed by atoms with Crippen LogP contribution in [-0.2, 0) is 0 Å². The Hall–Kier alpha value is -1.45. The largest absolute Gasteiger partial charge is 0.399 e. The van der Waals surface area contributed by atoms with Gasteiger partial charge in [0.1, 0.15) is 0 Å². The minimum absolute atomic E-state index is 0.801. The molecule has 0 aliphatic heterocycles. The molecule has 0 saturated heterocycles. The molecule has 2 aromatic carbocycles. The lowest BCUT2D eigenvalue weighted by Crippen LogP contribution is -2.04. The number of nitrogen functional groups attached to an aromatic ring is 1. The minimum atomic E-state index is 0.801. The number of rotatable bonds is 6. The number of benzene rings is 2. The molecule has 0 spiro atoms. The van der Waals surface area contributed by atoms with Crippen LogP contribution in [0.2, 0.25) is 0 Å². The van der Waals surface area contributed by atoms with E-state index in [-0.39, 0.29) is 0 Å². The molecule has 0 atom stereocenters. The van der Waals surface area contributed by atoms with E-state index in [1.807, 2.05) is 26.0 Å². The fraction of sp³-hybridized carbons (Fsp3) is 0.333. The summed E-state index contributed by atoms with van der Waals surface area (Å²) in [7, 11) is 0. The second-order valence-corrected chi connectivity index (χ2v) is 5.40. The Kier molecular flexibility index (Phi) is 8.63. The smallest absolute Gasteiger partial charge is 0.0314 e. The van der Waals surface area contributed by atoms with Crippen molar-refractivity contribution in [1.82, 2.24) is 4.72 Å². The van der Waals surface area contributed by atoms with Crippen molar-refractivity contribution in [2.75, 3.05) is 12.3 Å². The predicted octanol–water partition coefficient (Wildman–Crippen LogP) is 5.36. The molecule has 21 heavy (non-hydrogen) atoms. The molecule has 0 amide bonds. The highest BCUT2D eigenvalue weighted by Gasteiger charge is 2.04. The summed E-state index contributed by atoms with van der Waals surface area (Å²) in [6.45, 7) is 7.24. The molecule has 0 saturated carbocycles. The number of nitrogens with one attached hydrogen (secondary N) is 1. The Balaban J connectivity index is 0.00000106. The Labute approximate surface area is 133 Å². The summed E-state index contributed by atoms with van der Waals surface area (Å²) >= 11 is 1.70. The number of unbranched alkanes of at least 4 members (excludes halogenated alkanes) is 1. The first-order valence-corrected chi connectivity index (χ1v) is 8.47. The first kappa shape index (κ1) is 17.6. The molecule has 114 valence electrons. The van der Waals surface area contributed by atoms with Crippen LogP contribution in [0.15, 0.2) is 53.4 Å². The zero-order chi connectivity index (χ0) is 15.5. The number of anilines is 1. The molecular formula is C18H26N2S. The van der Waals surface area contributed by atoms with E-state index in [0.29, 0.717) is 0 Å². The molecule has 2 rings (SSSR count). The summed E-state index contributed by atoms with van der Waals surface area (Å²) in [6.07, 6.45) is 2.42. The molecule has 0 heterocycles. The highest BCUT2D eigenvalue weighted by Crippen LogP contribution is 2.30. The van der Waals surface area contributed by atoms with Crippen LogP contribution in [-0.4, -0.2) is 6.54 Å². The van der Waals surface area contributed by atoms with E-state index in [4.69, 9.17) is 5.73 Å². The minimum Gasteiger partial charge on any atom is -0.399 e. The maximum absolute atomic E-state index is 5.74. The third-order valence-electron chi connectivity index (χ3n) is 2.92. The van der Waals surface area contributed by atoms with Crippen LogP contribution in [0.5, 0.6) is 0 Å². The van der Waals surface area contributed by atoms with Crippen molar-refractivity contribution in [3.63, 3.8) is 0 Å². The van der Waals surface area contributed by atoms with Crippen molar-refractivity contribution in [3.8, 4) is 11.1 Å². The van der Waals surface area contributed by atoms with Gasteiger partial charge in [0.2, 0.25) is 0 Å². The van der Waals surface area contributed by atoms with Gasteiger partial charge in [-0.05, 0) is 47.7 Å². The van der Waals surface area contributed by atoms with Crippen molar-refractivity contribution in [1.29, 1.82) is 0 Å². The zero-order valence-corrected chi connectivity index (χ0v) is 14.0. The fourth-order valence-corrected chi connectivity index (χ4v) is 2.68. The van der Waals surface area contributed by atoms with Gasteiger partial charge in [-0.2, -0.15) is 0 Å². The summed E-state index contributed by atoms with van der Waals surface area (Å²) in [5.74, 6) is 0. The second-order valence-electron chi connectivity index (χ2n) is 4.47. The lowest BCUT2D eigenvalue weighted by molar-refractivity contribution is 0.776. The Morgan fingerprint density at radius 1 is 1.00 bits per heavy atom. The Morgan fingerprint density at radius 2 is 1.67 bits per heavy atom. The van der Waals surface area contributed by atoms with Gasteiger partial charge in [-0.15, -0.1) is 0 Å². The predicted molar refractivity (Wildman–Crippen MR) is 96.4 cm³/mol. The molecule has 0 unspecified atom stereocenters. The van der Waals surface area contributed by atoms with Crippen LogP contribution in [0.25, 0.3) is 11.1 Å². The molecule has 0 fully saturated rings. The Bertz CT molecular complexity index is 509. The second kappa shape index (κ2) is 10.3. The van der Waals surface area contributed by atoms with E-state index in [2.05, 4.69) is 48.0 Å². The lowest BCUT2D eigenvalue weighted by atomic mass is 10.1. The zero-order valence-electron chi connectivity index (χ0n) is 13.2. The topological polar surface area (TPSA) is 38.0 Å². The van der Waals surface area contributed by atoms with Gasteiger partial charge in [0.15, 0.2) is 0 Å². The van der Waals surface area contributed by atoms with Crippen LogP contribution < -0.4 is 10.5 Å². The van der Waals surface area contributed by atoms with E-state index in [0.717, 1.165) is 12.2 Å². The standard InChI is InChI=1S/C16H20N2S.C2H6/c1-2-3-12-18-19-16-7-5-4-6-15(16)13-8-10-14(17)11-9-13;1-2/h4-11,18H,2-3,12,17H2,1H3;1-2H3. The molecule has 2 aromatic rings. The van der Waals surface area contributed by atoms with E-state index < -0.39 is 0 Å². The normalized spacial score (nSPS) is 9.86. The van der Waals surface area contributed by atoms with Crippen LogP contribution in [0.3, 0.4) is 0 Å². The first-order chi connectivity index (χ1) is 10.3. The maximum Gasteiger partial charge on any atom is 0.0314 e. The van der Waals surface area contributed by atoms with Crippen molar-refractivity contribution in [2.45, 2.75) is 38.5 Å². The molecule has 0 aliphatic rings. The highest BCUT2D eigenvalue weighted by molar-refractivity contribution is 7.97. The van der Waals surface area contributed by atoms with Crippen molar-refractivity contribution in [2.24, 2.45) is 0 Å². The van der Waals surface area contributed by atoms with Crippen LogP contribution in [0.1, 0.15) is 33.6 Å². The van der Waals surface area contributed by atoms with Gasteiger partial charge in [-0.3, -0.25) is 4.72 Å². The van der Waals surface area contributed by atoms with Gasteiger partial charge in [0.05, 0.1) is 0 Å². The van der Waals surface area contributed by atoms with Gasteiger partial charge in [0.25, 0.3) is 0 Å². The summed E-state index contributed by atoms with van der Waals surface area (Å²) in [5, 5.41) is 0. The molecule has 0 radical (unpaired) electrons. The van der Waals surface area contributed by atoms with Crippen LogP contribution in [0, 0.1) is 0 Å². The molecule has 3 heteroatoms. The third kappa shape index (κ3) is 5.82. The average Bonchev–Trinajstić information content (AvgIpc) is 2.55. The van der Waals surface area contributed by atoms with Gasteiger partial charge < -0.3 is 5.73 Å². The van der Waals surface area contributed by atoms with E-state index in [9.17, 15) is 0 Å². The molecular weight excluding hydrogens is 276 g/mol. The number of hydrogen-bond donors (Lipinski definition) is 2. The van der Waals surface area contributed by atoms with Gasteiger partial charge in [-0.1, -0.05) is 57.5 Å². The van der Waals surface area contributed by atoms with Gasteiger partial charge >= 0.3 is 0 Å². The van der Waals surface area contributed by atoms with Crippen LogP contribution >= 0.6 is 11.9 Å². The van der Waals surface area contributed by atoms with E-state index in [1.54, 1.807) is 11.9 Å². The first-order valence-electron chi connectivity index (χ1n) is 7.66. The molecule has 2 nitrogen and oxygen atoms in total. The Morgan fingerprint density at radius 3 is 2.33 bits per heavy atom. The summed E-state index contributed by atoms with van der Waals surface area (Å²) in [6, 6.07) is 16.5.